The molecule has 2 aromatic rings. The van der Waals surface area contributed by atoms with Gasteiger partial charge in [-0.2, -0.15) is 0 Å². The van der Waals surface area contributed by atoms with Crippen LogP contribution in [0, 0.1) is 13.8 Å². The van der Waals surface area contributed by atoms with Crippen LogP contribution in [0.25, 0.3) is 0 Å². The average molecular weight is 333 g/mol. The molecule has 1 amide bonds. The smallest absolute Gasteiger partial charge is 0.220 e. The summed E-state index contributed by atoms with van der Waals surface area (Å²) < 4.78 is 1.95. The molecule has 1 atom stereocenters. The molecule has 0 saturated heterocycles. The molecule has 1 N–H and O–H groups in total. The molecular weight excluding hydrogens is 310 g/mol. The summed E-state index contributed by atoms with van der Waals surface area (Å²) in [4.78, 5) is 25.0. The van der Waals surface area contributed by atoms with Crippen molar-refractivity contribution in [2.45, 2.75) is 51.4 Å². The molecular formula is C16H23N5OS. The second-order valence-corrected chi connectivity index (χ2v) is 6.36. The summed E-state index contributed by atoms with van der Waals surface area (Å²) in [5, 5.41) is 3.80. The largest absolute Gasteiger partial charge is 0.352 e. The number of hydrogen-bond donors (Lipinski definition) is 1. The highest BCUT2D eigenvalue weighted by atomic mass is 32.2. The molecule has 23 heavy (non-hydrogen) atoms. The maximum absolute atomic E-state index is 12.1. The highest BCUT2D eigenvalue weighted by molar-refractivity contribution is 7.98. The van der Waals surface area contributed by atoms with Crippen molar-refractivity contribution in [3.8, 4) is 0 Å². The van der Waals surface area contributed by atoms with Crippen molar-refractivity contribution in [3.63, 3.8) is 0 Å². The van der Waals surface area contributed by atoms with E-state index in [0.29, 0.717) is 12.8 Å². The van der Waals surface area contributed by atoms with E-state index in [1.165, 1.54) is 11.8 Å². The van der Waals surface area contributed by atoms with Gasteiger partial charge in [-0.05, 0) is 39.0 Å². The van der Waals surface area contributed by atoms with Gasteiger partial charge in [0.25, 0.3) is 0 Å². The van der Waals surface area contributed by atoms with Gasteiger partial charge >= 0.3 is 0 Å². The Morgan fingerprint density at radius 2 is 2.04 bits per heavy atom. The van der Waals surface area contributed by atoms with Crippen molar-refractivity contribution in [2.24, 2.45) is 0 Å². The number of aryl methyl sites for hydroxylation is 2. The zero-order valence-corrected chi connectivity index (χ0v) is 14.9. The molecule has 2 aromatic heterocycles. The van der Waals surface area contributed by atoms with Gasteiger partial charge in [0.2, 0.25) is 5.91 Å². The summed E-state index contributed by atoms with van der Waals surface area (Å²) in [6.07, 6.45) is 8.44. The Labute approximate surface area is 141 Å². The van der Waals surface area contributed by atoms with E-state index < -0.39 is 0 Å². The molecule has 6 nitrogen and oxygen atoms in total. The van der Waals surface area contributed by atoms with Crippen LogP contribution in [0.2, 0.25) is 0 Å². The number of nitrogens with one attached hydrogen (secondary N) is 1. The quantitative estimate of drug-likeness (QED) is 0.621. The van der Waals surface area contributed by atoms with Crippen molar-refractivity contribution < 1.29 is 4.79 Å². The van der Waals surface area contributed by atoms with E-state index in [1.807, 2.05) is 37.8 Å². The molecule has 0 aliphatic rings. The van der Waals surface area contributed by atoms with E-state index >= 15 is 0 Å². The number of imidazole rings is 1. The minimum Gasteiger partial charge on any atom is -0.352 e. The highest BCUT2D eigenvalue weighted by Crippen LogP contribution is 2.17. The molecule has 0 bridgehead atoms. The summed E-state index contributed by atoms with van der Waals surface area (Å²) in [6, 6.07) is 0.0639. The predicted molar refractivity (Wildman–Crippen MR) is 91.4 cm³/mol. The van der Waals surface area contributed by atoms with Gasteiger partial charge < -0.3 is 9.88 Å². The van der Waals surface area contributed by atoms with Gasteiger partial charge in [-0.25, -0.2) is 15.0 Å². The minimum absolute atomic E-state index is 0.0466. The molecule has 2 heterocycles. The van der Waals surface area contributed by atoms with Crippen LogP contribution in [0.1, 0.15) is 30.3 Å². The topological polar surface area (TPSA) is 72.7 Å². The molecule has 0 spiro atoms. The summed E-state index contributed by atoms with van der Waals surface area (Å²) in [5.74, 6) is 0.0466. The molecule has 2 rings (SSSR count). The Balaban J connectivity index is 1.87. The zero-order chi connectivity index (χ0) is 16.8. The van der Waals surface area contributed by atoms with E-state index in [9.17, 15) is 4.79 Å². The van der Waals surface area contributed by atoms with Crippen LogP contribution >= 0.6 is 11.8 Å². The predicted octanol–water partition coefficient (Wildman–Crippen LogP) is 2.15. The van der Waals surface area contributed by atoms with E-state index in [1.54, 1.807) is 12.5 Å². The normalized spacial score (nSPS) is 12.2. The zero-order valence-electron chi connectivity index (χ0n) is 14.0. The van der Waals surface area contributed by atoms with Gasteiger partial charge in [-0.15, -0.1) is 0 Å². The van der Waals surface area contributed by atoms with E-state index in [-0.39, 0.29) is 11.9 Å². The van der Waals surface area contributed by atoms with E-state index in [0.717, 1.165) is 28.7 Å². The van der Waals surface area contributed by atoms with Crippen molar-refractivity contribution in [1.29, 1.82) is 0 Å². The summed E-state index contributed by atoms with van der Waals surface area (Å²) >= 11 is 1.53. The highest BCUT2D eigenvalue weighted by Gasteiger charge is 2.12. The second-order valence-electron chi connectivity index (χ2n) is 5.59. The number of rotatable bonds is 7. The SMILES string of the molecule is CSc1nc(C)c(CCC(=O)NC(C)Cn2ccnc2)c(C)n1. The number of hydrogen-bond acceptors (Lipinski definition) is 5. The average Bonchev–Trinajstić information content (AvgIpc) is 2.98. The lowest BCUT2D eigenvalue weighted by atomic mass is 10.1. The maximum atomic E-state index is 12.1. The molecule has 0 fully saturated rings. The molecule has 0 aromatic carbocycles. The Morgan fingerprint density at radius 3 is 2.61 bits per heavy atom. The first kappa shape index (κ1) is 17.5. The third kappa shape index (κ3) is 5.06. The number of amides is 1. The monoisotopic (exact) mass is 333 g/mol. The lowest BCUT2D eigenvalue weighted by molar-refractivity contribution is -0.121. The number of carbonyl (C=O) groups excluding carboxylic acids is 1. The van der Waals surface area contributed by atoms with E-state index in [4.69, 9.17) is 0 Å². The van der Waals surface area contributed by atoms with Crippen LogP contribution < -0.4 is 5.32 Å². The molecule has 0 radical (unpaired) electrons. The first-order valence-corrected chi connectivity index (χ1v) is 8.85. The fraction of sp³-hybridized carbons (Fsp3) is 0.500. The molecule has 124 valence electrons. The maximum Gasteiger partial charge on any atom is 0.220 e. The third-order valence-electron chi connectivity index (χ3n) is 3.64. The number of aromatic nitrogens is 4. The van der Waals surface area contributed by atoms with Crippen molar-refractivity contribution in [1.82, 2.24) is 24.8 Å². The van der Waals surface area contributed by atoms with Gasteiger partial charge in [0.1, 0.15) is 0 Å². The lowest BCUT2D eigenvalue weighted by Gasteiger charge is -2.15. The second kappa shape index (κ2) is 8.10. The minimum atomic E-state index is 0.0466. The van der Waals surface area contributed by atoms with E-state index in [2.05, 4.69) is 20.3 Å². The summed E-state index contributed by atoms with van der Waals surface area (Å²) in [6.45, 7) is 6.66. The molecule has 0 saturated carbocycles. The van der Waals surface area contributed by atoms with Crippen molar-refractivity contribution in [2.75, 3.05) is 6.26 Å². The van der Waals surface area contributed by atoms with Gasteiger partial charge in [-0.3, -0.25) is 4.79 Å². The fourth-order valence-electron chi connectivity index (χ4n) is 2.50. The number of nitrogens with zero attached hydrogens (tertiary/aromatic N) is 4. The number of carbonyl (C=O) groups is 1. The Bertz CT molecular complexity index is 633. The Morgan fingerprint density at radius 1 is 1.35 bits per heavy atom. The Kier molecular flexibility index (Phi) is 6.15. The standard InChI is InChI=1S/C16H23N5OS/c1-11(9-21-8-7-17-10-21)18-15(22)6-5-14-12(2)19-16(23-4)20-13(14)3/h7-8,10-11H,5-6,9H2,1-4H3,(H,18,22). The number of thioether (sulfide) groups is 1. The summed E-state index contributed by atoms with van der Waals surface area (Å²) in [5.41, 5.74) is 2.99. The van der Waals surface area contributed by atoms with Crippen LogP contribution in [-0.4, -0.2) is 37.7 Å². The van der Waals surface area contributed by atoms with Crippen LogP contribution in [0.3, 0.4) is 0 Å². The van der Waals surface area contributed by atoms with Crippen molar-refractivity contribution >= 4 is 17.7 Å². The third-order valence-corrected chi connectivity index (χ3v) is 4.18. The lowest BCUT2D eigenvalue weighted by Crippen LogP contribution is -2.35. The van der Waals surface area contributed by atoms with Crippen LogP contribution in [0.4, 0.5) is 0 Å². The van der Waals surface area contributed by atoms with Crippen LogP contribution in [0.5, 0.6) is 0 Å². The summed E-state index contributed by atoms with van der Waals surface area (Å²) in [7, 11) is 0. The van der Waals surface area contributed by atoms with Gasteiger partial charge in [-0.1, -0.05) is 11.8 Å². The van der Waals surface area contributed by atoms with Gasteiger partial charge in [0.15, 0.2) is 5.16 Å². The van der Waals surface area contributed by atoms with Crippen molar-refractivity contribution in [3.05, 3.63) is 35.7 Å². The van der Waals surface area contributed by atoms with Crippen LogP contribution in [0.15, 0.2) is 23.9 Å². The van der Waals surface area contributed by atoms with Crippen LogP contribution in [-0.2, 0) is 17.8 Å². The fourth-order valence-corrected chi connectivity index (χ4v) is 2.96. The first-order valence-electron chi connectivity index (χ1n) is 7.62. The molecule has 0 aliphatic heterocycles. The van der Waals surface area contributed by atoms with Gasteiger partial charge in [0, 0.05) is 42.8 Å². The molecule has 1 unspecified atom stereocenters. The molecule has 7 heteroatoms. The first-order chi connectivity index (χ1) is 11.0. The molecule has 0 aliphatic carbocycles. The van der Waals surface area contributed by atoms with Gasteiger partial charge in [0.05, 0.1) is 6.33 Å². The Hall–Kier alpha value is -1.89.